The number of carbonyl (C=O) groups excluding carboxylic acids is 1. The number of nitrogens with zero attached hydrogens (tertiary/aromatic N) is 1. The van der Waals surface area contributed by atoms with E-state index in [4.69, 9.17) is 0 Å². The Morgan fingerprint density at radius 2 is 2.30 bits per heavy atom. The summed E-state index contributed by atoms with van der Waals surface area (Å²) >= 11 is 0. The van der Waals surface area contributed by atoms with Gasteiger partial charge in [-0.2, -0.15) is 0 Å². The zero-order valence-electron chi connectivity index (χ0n) is 6.21. The van der Waals surface area contributed by atoms with Crippen LogP contribution in [0.3, 0.4) is 0 Å². The molecule has 1 aliphatic heterocycles. The maximum absolute atomic E-state index is 11.0. The molecule has 3 nitrogen and oxygen atoms in total. The van der Waals surface area contributed by atoms with Gasteiger partial charge in [-0.1, -0.05) is 0 Å². The van der Waals surface area contributed by atoms with E-state index >= 15 is 0 Å². The first-order chi connectivity index (χ1) is 4.72. The van der Waals surface area contributed by atoms with Gasteiger partial charge in [-0.15, -0.1) is 0 Å². The fourth-order valence-electron chi connectivity index (χ4n) is 1.14. The summed E-state index contributed by atoms with van der Waals surface area (Å²) in [5, 5.41) is 9.23. The van der Waals surface area contributed by atoms with E-state index in [-0.39, 0.29) is 5.91 Å². The van der Waals surface area contributed by atoms with Gasteiger partial charge in [-0.3, -0.25) is 4.79 Å². The van der Waals surface area contributed by atoms with Crippen LogP contribution in [0, 0.1) is 0 Å². The van der Waals surface area contributed by atoms with Crippen LogP contribution >= 0.6 is 0 Å². The topological polar surface area (TPSA) is 40.5 Å². The zero-order chi connectivity index (χ0) is 7.56. The van der Waals surface area contributed by atoms with Crippen molar-refractivity contribution in [1.29, 1.82) is 0 Å². The first-order valence-electron chi connectivity index (χ1n) is 3.65. The van der Waals surface area contributed by atoms with Crippen LogP contribution in [0.15, 0.2) is 0 Å². The molecule has 58 valence electrons. The third-order valence-corrected chi connectivity index (χ3v) is 1.94. The molecule has 1 atom stereocenters. The molecule has 0 aromatic rings. The second-order valence-electron chi connectivity index (χ2n) is 2.73. The molecule has 1 heterocycles. The molecular formula is C7H13NO2. The van der Waals surface area contributed by atoms with Crippen LogP contribution in [0.5, 0.6) is 0 Å². The Morgan fingerprint density at radius 1 is 1.60 bits per heavy atom. The van der Waals surface area contributed by atoms with Crippen molar-refractivity contribution in [1.82, 2.24) is 4.90 Å². The minimum Gasteiger partial charge on any atom is -0.374 e. The van der Waals surface area contributed by atoms with Crippen LogP contribution < -0.4 is 0 Å². The average Bonchev–Trinajstić information content (AvgIpc) is 2.04. The summed E-state index contributed by atoms with van der Waals surface area (Å²) < 4.78 is 0. The zero-order valence-corrected chi connectivity index (χ0v) is 6.21. The molecule has 1 amide bonds. The first-order valence-corrected chi connectivity index (χ1v) is 3.65. The highest BCUT2D eigenvalue weighted by Gasteiger charge is 2.19. The Hall–Kier alpha value is -0.570. The molecule has 0 bridgehead atoms. The fourth-order valence-corrected chi connectivity index (χ4v) is 1.14. The lowest BCUT2D eigenvalue weighted by molar-refractivity contribution is -0.137. The molecular weight excluding hydrogens is 130 g/mol. The highest BCUT2D eigenvalue weighted by molar-refractivity contribution is 5.76. The quantitative estimate of drug-likeness (QED) is 0.531. The summed E-state index contributed by atoms with van der Waals surface area (Å²) in [7, 11) is 1.65. The van der Waals surface area contributed by atoms with Gasteiger partial charge in [-0.25, -0.2) is 0 Å². The van der Waals surface area contributed by atoms with Gasteiger partial charge in [0.1, 0.15) is 6.23 Å². The van der Waals surface area contributed by atoms with Crippen molar-refractivity contribution >= 4 is 5.91 Å². The van der Waals surface area contributed by atoms with Crippen LogP contribution in [-0.4, -0.2) is 29.2 Å². The predicted molar refractivity (Wildman–Crippen MR) is 37.2 cm³/mol. The average molecular weight is 143 g/mol. The molecule has 3 heteroatoms. The maximum Gasteiger partial charge on any atom is 0.224 e. The van der Waals surface area contributed by atoms with Gasteiger partial charge in [0.15, 0.2) is 0 Å². The Labute approximate surface area is 60.6 Å². The number of aliphatic hydroxyl groups excluding tert-OH is 1. The number of hydrogen-bond donors (Lipinski definition) is 1. The second-order valence-corrected chi connectivity index (χ2v) is 2.73. The Morgan fingerprint density at radius 3 is 3.00 bits per heavy atom. The van der Waals surface area contributed by atoms with Crippen LogP contribution in [0.1, 0.15) is 25.7 Å². The van der Waals surface area contributed by atoms with Gasteiger partial charge in [0.05, 0.1) is 0 Å². The molecule has 0 aromatic heterocycles. The normalized spacial score (nSPS) is 28.4. The summed E-state index contributed by atoms with van der Waals surface area (Å²) in [6.45, 7) is 0. The van der Waals surface area contributed by atoms with E-state index in [9.17, 15) is 9.90 Å². The van der Waals surface area contributed by atoms with Gasteiger partial charge in [0, 0.05) is 13.5 Å². The molecule has 1 rings (SSSR count). The van der Waals surface area contributed by atoms with Crippen molar-refractivity contribution in [2.75, 3.05) is 7.05 Å². The molecule has 1 aliphatic rings. The molecule has 1 fully saturated rings. The summed E-state index contributed by atoms with van der Waals surface area (Å²) in [5.41, 5.74) is 0. The van der Waals surface area contributed by atoms with Gasteiger partial charge in [0.25, 0.3) is 0 Å². The van der Waals surface area contributed by atoms with Crippen molar-refractivity contribution in [2.24, 2.45) is 0 Å². The van der Waals surface area contributed by atoms with E-state index in [0.29, 0.717) is 6.42 Å². The van der Waals surface area contributed by atoms with E-state index in [1.54, 1.807) is 7.05 Å². The van der Waals surface area contributed by atoms with Gasteiger partial charge in [0.2, 0.25) is 5.91 Å². The van der Waals surface area contributed by atoms with Gasteiger partial charge in [-0.05, 0) is 19.3 Å². The summed E-state index contributed by atoms with van der Waals surface area (Å²) in [6, 6.07) is 0. The Balaban J connectivity index is 2.55. The number of aliphatic hydroxyl groups is 1. The molecule has 10 heavy (non-hydrogen) atoms. The molecule has 1 unspecified atom stereocenters. The monoisotopic (exact) mass is 143 g/mol. The van der Waals surface area contributed by atoms with Crippen LogP contribution in [-0.2, 0) is 4.79 Å². The fraction of sp³-hybridized carbons (Fsp3) is 0.857. The van der Waals surface area contributed by atoms with Crippen molar-refractivity contribution in [3.8, 4) is 0 Å². The minimum absolute atomic E-state index is 0.0602. The second kappa shape index (κ2) is 3.01. The third kappa shape index (κ3) is 1.48. The molecule has 0 radical (unpaired) electrons. The van der Waals surface area contributed by atoms with Crippen molar-refractivity contribution in [3.63, 3.8) is 0 Å². The first kappa shape index (κ1) is 7.54. The molecule has 0 aromatic carbocycles. The van der Waals surface area contributed by atoms with Crippen LogP contribution in [0.2, 0.25) is 0 Å². The third-order valence-electron chi connectivity index (χ3n) is 1.94. The maximum atomic E-state index is 11.0. The van der Waals surface area contributed by atoms with E-state index in [1.165, 1.54) is 4.90 Å². The lowest BCUT2D eigenvalue weighted by Crippen LogP contribution is -2.34. The number of likely N-dealkylation sites (tertiary alicyclic amines) is 1. The number of carbonyl (C=O) groups is 1. The number of hydrogen-bond acceptors (Lipinski definition) is 2. The van der Waals surface area contributed by atoms with Crippen molar-refractivity contribution < 1.29 is 9.90 Å². The molecule has 1 N–H and O–H groups in total. The van der Waals surface area contributed by atoms with E-state index < -0.39 is 6.23 Å². The number of amides is 1. The van der Waals surface area contributed by atoms with Gasteiger partial charge < -0.3 is 10.0 Å². The van der Waals surface area contributed by atoms with Crippen molar-refractivity contribution in [2.45, 2.75) is 31.9 Å². The highest BCUT2D eigenvalue weighted by atomic mass is 16.3. The molecule has 1 saturated heterocycles. The Bertz CT molecular complexity index is 136. The van der Waals surface area contributed by atoms with Crippen LogP contribution in [0.25, 0.3) is 0 Å². The largest absolute Gasteiger partial charge is 0.374 e. The van der Waals surface area contributed by atoms with Crippen LogP contribution in [0.4, 0.5) is 0 Å². The van der Waals surface area contributed by atoms with E-state index in [2.05, 4.69) is 0 Å². The summed E-state index contributed by atoms with van der Waals surface area (Å²) in [6.07, 6.45) is 2.64. The Kier molecular flexibility index (Phi) is 2.27. The van der Waals surface area contributed by atoms with Gasteiger partial charge >= 0.3 is 0 Å². The SMILES string of the molecule is CN1C(=O)CCCCC1O. The lowest BCUT2D eigenvalue weighted by Gasteiger charge is -2.19. The molecule has 0 aliphatic carbocycles. The summed E-state index contributed by atoms with van der Waals surface area (Å²) in [5.74, 6) is 0.0602. The lowest BCUT2D eigenvalue weighted by atomic mass is 10.2. The molecule has 0 spiro atoms. The van der Waals surface area contributed by atoms with E-state index in [1.807, 2.05) is 0 Å². The molecule has 0 saturated carbocycles. The summed E-state index contributed by atoms with van der Waals surface area (Å²) in [4.78, 5) is 12.4. The smallest absolute Gasteiger partial charge is 0.224 e. The predicted octanol–water partition coefficient (Wildman–Crippen LogP) is 0.337. The van der Waals surface area contributed by atoms with E-state index in [0.717, 1.165) is 19.3 Å². The standard InChI is InChI=1S/C7H13NO2/c1-8-6(9)4-2-3-5-7(8)10/h6,9H,2-5H2,1H3. The van der Waals surface area contributed by atoms with Crippen molar-refractivity contribution in [3.05, 3.63) is 0 Å². The number of rotatable bonds is 0. The minimum atomic E-state index is -0.546. The highest BCUT2D eigenvalue weighted by Crippen LogP contribution is 2.13.